The Labute approximate surface area is 118 Å². The number of nitrogens with zero attached hydrogens (tertiary/aromatic N) is 1. The lowest BCUT2D eigenvalue weighted by atomic mass is 10.1. The molecule has 1 fully saturated rings. The van der Waals surface area contributed by atoms with Crippen molar-refractivity contribution >= 4 is 23.4 Å². The van der Waals surface area contributed by atoms with Gasteiger partial charge in [0.05, 0.1) is 13.2 Å². The van der Waals surface area contributed by atoms with Crippen LogP contribution in [-0.2, 0) is 19.1 Å². The molecule has 0 bridgehead atoms. The van der Waals surface area contributed by atoms with Gasteiger partial charge in [0.2, 0.25) is 11.8 Å². The summed E-state index contributed by atoms with van der Waals surface area (Å²) in [7, 11) is 1.58. The van der Waals surface area contributed by atoms with Crippen molar-refractivity contribution in [1.29, 1.82) is 0 Å². The van der Waals surface area contributed by atoms with E-state index in [9.17, 15) is 9.59 Å². The Hall–Kier alpha value is -0.850. The molecule has 1 rings (SSSR count). The topological polar surface area (TPSA) is 67.9 Å². The first-order valence-corrected chi connectivity index (χ1v) is 6.90. The molecule has 6 nitrogen and oxygen atoms in total. The van der Waals surface area contributed by atoms with Crippen molar-refractivity contribution in [2.24, 2.45) is 0 Å². The zero-order valence-corrected chi connectivity index (χ0v) is 11.9. The molecule has 110 valence electrons. The molecule has 2 amide bonds. The summed E-state index contributed by atoms with van der Waals surface area (Å²) in [6, 6.07) is 0.109. The van der Waals surface area contributed by atoms with E-state index in [0.29, 0.717) is 26.3 Å². The predicted octanol–water partition coefficient (Wildman–Crippen LogP) is -0.00460. The number of alkyl halides is 1. The third-order valence-electron chi connectivity index (χ3n) is 2.99. The molecule has 1 aliphatic rings. The number of ether oxygens (including phenoxy) is 2. The van der Waals surface area contributed by atoms with Gasteiger partial charge in [-0.2, -0.15) is 0 Å². The highest BCUT2D eigenvalue weighted by Gasteiger charge is 2.23. The van der Waals surface area contributed by atoms with Crippen molar-refractivity contribution in [3.8, 4) is 0 Å². The summed E-state index contributed by atoms with van der Waals surface area (Å²) >= 11 is 5.50. The lowest BCUT2D eigenvalue weighted by Gasteiger charge is -2.32. The Morgan fingerprint density at radius 3 is 2.58 bits per heavy atom. The molecule has 0 atom stereocenters. The molecule has 19 heavy (non-hydrogen) atoms. The first-order chi connectivity index (χ1) is 9.17. The monoisotopic (exact) mass is 292 g/mol. The van der Waals surface area contributed by atoms with E-state index in [1.165, 1.54) is 0 Å². The summed E-state index contributed by atoms with van der Waals surface area (Å²) in [5, 5.41) is 2.90. The third kappa shape index (κ3) is 6.22. The maximum absolute atomic E-state index is 11.6. The summed E-state index contributed by atoms with van der Waals surface area (Å²) < 4.78 is 9.95. The van der Waals surface area contributed by atoms with Gasteiger partial charge in [0, 0.05) is 26.2 Å². The fourth-order valence-electron chi connectivity index (χ4n) is 1.93. The number of nitrogens with one attached hydrogen (secondary N) is 1. The Balaban J connectivity index is 2.14. The van der Waals surface area contributed by atoms with E-state index in [-0.39, 0.29) is 30.3 Å². The SMILES string of the molecule is COCCOCC(=O)NC1CCN(C(=O)CCl)CC1. The van der Waals surface area contributed by atoms with Gasteiger partial charge in [-0.05, 0) is 12.8 Å². The summed E-state index contributed by atoms with van der Waals surface area (Å²) in [6.07, 6.45) is 1.51. The van der Waals surface area contributed by atoms with Crippen molar-refractivity contribution in [1.82, 2.24) is 10.2 Å². The number of hydrogen-bond acceptors (Lipinski definition) is 4. The van der Waals surface area contributed by atoms with Crippen molar-refractivity contribution in [3.05, 3.63) is 0 Å². The van der Waals surface area contributed by atoms with Gasteiger partial charge in [0.15, 0.2) is 0 Å². The molecule has 1 heterocycles. The minimum Gasteiger partial charge on any atom is -0.382 e. The average Bonchev–Trinajstić information content (AvgIpc) is 2.43. The number of carbonyl (C=O) groups is 2. The largest absolute Gasteiger partial charge is 0.382 e. The van der Waals surface area contributed by atoms with E-state index in [1.807, 2.05) is 0 Å². The highest BCUT2D eigenvalue weighted by Crippen LogP contribution is 2.10. The van der Waals surface area contributed by atoms with Gasteiger partial charge < -0.3 is 19.7 Å². The number of methoxy groups -OCH3 is 1. The Bertz CT molecular complexity index is 293. The molecule has 0 aromatic rings. The zero-order chi connectivity index (χ0) is 14.1. The second kappa shape index (κ2) is 9.12. The molecule has 1 saturated heterocycles. The number of likely N-dealkylation sites (tertiary alicyclic amines) is 1. The third-order valence-corrected chi connectivity index (χ3v) is 3.22. The molecule has 0 saturated carbocycles. The molecule has 0 aromatic heterocycles. The molecule has 0 radical (unpaired) electrons. The molecule has 1 aliphatic heterocycles. The fraction of sp³-hybridized carbons (Fsp3) is 0.833. The first kappa shape index (κ1) is 16.2. The van der Waals surface area contributed by atoms with Gasteiger partial charge in [-0.15, -0.1) is 11.6 Å². The highest BCUT2D eigenvalue weighted by atomic mass is 35.5. The summed E-state index contributed by atoms with van der Waals surface area (Å²) in [5.41, 5.74) is 0. The summed E-state index contributed by atoms with van der Waals surface area (Å²) in [4.78, 5) is 24.7. The number of carbonyl (C=O) groups excluding carboxylic acids is 2. The zero-order valence-electron chi connectivity index (χ0n) is 11.2. The number of hydrogen-bond donors (Lipinski definition) is 1. The number of rotatable bonds is 7. The van der Waals surface area contributed by atoms with Crippen LogP contribution in [0.4, 0.5) is 0 Å². The molecule has 0 aliphatic carbocycles. The molecule has 1 N–H and O–H groups in total. The number of piperidine rings is 1. The second-order valence-corrected chi connectivity index (χ2v) is 4.67. The van der Waals surface area contributed by atoms with E-state index in [4.69, 9.17) is 21.1 Å². The van der Waals surface area contributed by atoms with Crippen LogP contribution >= 0.6 is 11.6 Å². The molecule has 0 unspecified atom stereocenters. The van der Waals surface area contributed by atoms with Crippen LogP contribution in [0.1, 0.15) is 12.8 Å². The van der Waals surface area contributed by atoms with Gasteiger partial charge in [0.25, 0.3) is 0 Å². The maximum Gasteiger partial charge on any atom is 0.246 e. The van der Waals surface area contributed by atoms with Gasteiger partial charge in [-0.3, -0.25) is 9.59 Å². The van der Waals surface area contributed by atoms with Crippen molar-refractivity contribution in [3.63, 3.8) is 0 Å². The van der Waals surface area contributed by atoms with Crippen molar-refractivity contribution < 1.29 is 19.1 Å². The van der Waals surface area contributed by atoms with Gasteiger partial charge in [-0.1, -0.05) is 0 Å². The van der Waals surface area contributed by atoms with Crippen LogP contribution in [0.25, 0.3) is 0 Å². The fourth-order valence-corrected chi connectivity index (χ4v) is 2.10. The molecule has 0 aromatic carbocycles. The van der Waals surface area contributed by atoms with Crippen LogP contribution in [0.2, 0.25) is 0 Å². The maximum atomic E-state index is 11.6. The molecule has 0 spiro atoms. The van der Waals surface area contributed by atoms with Crippen LogP contribution in [0.5, 0.6) is 0 Å². The summed E-state index contributed by atoms with van der Waals surface area (Å²) in [5.74, 6) is -0.155. The van der Waals surface area contributed by atoms with Gasteiger partial charge >= 0.3 is 0 Å². The smallest absolute Gasteiger partial charge is 0.246 e. The average molecular weight is 293 g/mol. The van der Waals surface area contributed by atoms with Gasteiger partial charge in [-0.25, -0.2) is 0 Å². The lowest BCUT2D eigenvalue weighted by Crippen LogP contribution is -2.47. The number of amides is 2. The number of halogens is 1. The predicted molar refractivity (Wildman–Crippen MR) is 71.2 cm³/mol. The standard InChI is InChI=1S/C12H21ClN2O4/c1-18-6-7-19-9-11(16)14-10-2-4-15(5-3-10)12(17)8-13/h10H,2-9H2,1H3,(H,14,16). The van der Waals surface area contributed by atoms with E-state index >= 15 is 0 Å². The van der Waals surface area contributed by atoms with Crippen LogP contribution in [0.3, 0.4) is 0 Å². The first-order valence-electron chi connectivity index (χ1n) is 6.37. The van der Waals surface area contributed by atoms with E-state index < -0.39 is 0 Å². The van der Waals surface area contributed by atoms with E-state index in [0.717, 1.165) is 12.8 Å². The Morgan fingerprint density at radius 2 is 2.00 bits per heavy atom. The minimum absolute atomic E-state index is 0.0182. The minimum atomic E-state index is -0.127. The Morgan fingerprint density at radius 1 is 1.32 bits per heavy atom. The van der Waals surface area contributed by atoms with Crippen LogP contribution < -0.4 is 5.32 Å². The highest BCUT2D eigenvalue weighted by molar-refractivity contribution is 6.27. The normalized spacial score (nSPS) is 16.4. The van der Waals surface area contributed by atoms with Gasteiger partial charge in [0.1, 0.15) is 12.5 Å². The van der Waals surface area contributed by atoms with Crippen molar-refractivity contribution in [2.45, 2.75) is 18.9 Å². The van der Waals surface area contributed by atoms with Crippen LogP contribution in [0.15, 0.2) is 0 Å². The molecule has 7 heteroatoms. The molecular formula is C12H21ClN2O4. The second-order valence-electron chi connectivity index (χ2n) is 4.40. The van der Waals surface area contributed by atoms with E-state index in [1.54, 1.807) is 12.0 Å². The molecular weight excluding hydrogens is 272 g/mol. The van der Waals surface area contributed by atoms with Crippen molar-refractivity contribution in [2.75, 3.05) is 45.9 Å². The van der Waals surface area contributed by atoms with Crippen LogP contribution in [0, 0.1) is 0 Å². The summed E-state index contributed by atoms with van der Waals surface area (Å²) in [6.45, 7) is 2.21. The Kier molecular flexibility index (Phi) is 7.78. The quantitative estimate of drug-likeness (QED) is 0.530. The van der Waals surface area contributed by atoms with Crippen LogP contribution in [-0.4, -0.2) is 68.7 Å². The van der Waals surface area contributed by atoms with E-state index in [2.05, 4.69) is 5.32 Å². The lowest BCUT2D eigenvalue weighted by molar-refractivity contribution is -0.130.